The molecule has 0 saturated heterocycles. The molecule has 2 nitrogen and oxygen atoms in total. The van der Waals surface area contributed by atoms with Gasteiger partial charge in [-0.2, -0.15) is 0 Å². The topological polar surface area (TPSA) is 7.65 Å². The summed E-state index contributed by atoms with van der Waals surface area (Å²) in [4.78, 5) is 2.48. The summed E-state index contributed by atoms with van der Waals surface area (Å²) in [6.07, 6.45) is 0. The first-order chi connectivity index (χ1) is 25.8. The quantitative estimate of drug-likeness (QED) is 0.178. The highest BCUT2D eigenvalue weighted by atomic mass is 32.1. The molecular formula is C48H28N2S2. The van der Waals surface area contributed by atoms with Gasteiger partial charge in [0.15, 0.2) is 0 Å². The molecule has 0 aliphatic carbocycles. The molecule has 0 spiro atoms. The van der Waals surface area contributed by atoms with Crippen molar-refractivity contribution in [3.8, 4) is 11.1 Å². The zero-order valence-corrected chi connectivity index (χ0v) is 29.5. The SMILES string of the molecule is c1ccc2c(c1)sc1ccc(-c3ccc(N(c4ccc5sc6ccccc6c5c4)c4ccc5c6ccccc6n6c7ccccc7c4c56)cc3)cc12. The molecule has 242 valence electrons. The molecule has 0 amide bonds. The van der Waals surface area contributed by atoms with Gasteiger partial charge in [0.25, 0.3) is 0 Å². The van der Waals surface area contributed by atoms with Gasteiger partial charge in [-0.25, -0.2) is 0 Å². The zero-order valence-electron chi connectivity index (χ0n) is 27.9. The molecule has 0 N–H and O–H groups in total. The lowest BCUT2D eigenvalue weighted by Crippen LogP contribution is -2.10. The lowest BCUT2D eigenvalue weighted by atomic mass is 10.0. The van der Waals surface area contributed by atoms with Crippen LogP contribution < -0.4 is 4.90 Å². The van der Waals surface area contributed by atoms with Gasteiger partial charge in [0.1, 0.15) is 0 Å². The fourth-order valence-electron chi connectivity index (χ4n) is 8.62. The molecule has 52 heavy (non-hydrogen) atoms. The number of thiophene rings is 2. The number of fused-ring (bicyclic) bond motifs is 12. The first-order valence-corrected chi connectivity index (χ1v) is 19.3. The Morgan fingerprint density at radius 1 is 0.365 bits per heavy atom. The van der Waals surface area contributed by atoms with Crippen LogP contribution in [0.1, 0.15) is 0 Å². The number of rotatable bonds is 4. The first-order valence-electron chi connectivity index (χ1n) is 17.7. The molecule has 12 aromatic rings. The zero-order chi connectivity index (χ0) is 33.9. The minimum Gasteiger partial charge on any atom is -0.310 e. The van der Waals surface area contributed by atoms with Crippen molar-refractivity contribution in [3.05, 3.63) is 170 Å². The predicted molar refractivity (Wildman–Crippen MR) is 227 cm³/mol. The van der Waals surface area contributed by atoms with Crippen molar-refractivity contribution in [2.75, 3.05) is 4.90 Å². The van der Waals surface area contributed by atoms with Crippen LogP contribution in [-0.4, -0.2) is 4.40 Å². The maximum atomic E-state index is 2.48. The Morgan fingerprint density at radius 3 is 1.63 bits per heavy atom. The number of aromatic nitrogens is 1. The molecule has 8 aromatic carbocycles. The summed E-state index contributed by atoms with van der Waals surface area (Å²) < 4.78 is 7.76. The predicted octanol–water partition coefficient (Wildman–Crippen LogP) is 14.7. The third kappa shape index (κ3) is 3.93. The van der Waals surface area contributed by atoms with E-state index in [1.54, 1.807) is 0 Å². The minimum atomic E-state index is 1.13. The Kier molecular flexibility index (Phi) is 5.84. The van der Waals surface area contributed by atoms with E-state index in [4.69, 9.17) is 0 Å². The fraction of sp³-hybridized carbons (Fsp3) is 0. The second-order valence-corrected chi connectivity index (χ2v) is 15.9. The average Bonchev–Trinajstić information content (AvgIpc) is 3.95. The van der Waals surface area contributed by atoms with Crippen LogP contribution in [-0.2, 0) is 0 Å². The Balaban J connectivity index is 1.10. The minimum absolute atomic E-state index is 1.13. The van der Waals surface area contributed by atoms with Gasteiger partial charge in [-0.3, -0.25) is 0 Å². The molecular weight excluding hydrogens is 669 g/mol. The van der Waals surface area contributed by atoms with Gasteiger partial charge in [0.05, 0.1) is 22.2 Å². The maximum Gasteiger partial charge on any atom is 0.0641 e. The highest BCUT2D eigenvalue weighted by Gasteiger charge is 2.24. The lowest BCUT2D eigenvalue weighted by Gasteiger charge is -2.27. The Hall–Kier alpha value is -6.20. The van der Waals surface area contributed by atoms with Crippen LogP contribution in [0.5, 0.6) is 0 Å². The van der Waals surface area contributed by atoms with Gasteiger partial charge < -0.3 is 9.30 Å². The fourth-order valence-corrected chi connectivity index (χ4v) is 10.8. The molecule has 0 radical (unpaired) electrons. The summed E-state index contributed by atoms with van der Waals surface area (Å²) >= 11 is 3.73. The van der Waals surface area contributed by atoms with Crippen molar-refractivity contribution >= 4 is 118 Å². The number of nitrogens with zero attached hydrogens (tertiary/aromatic N) is 2. The standard InChI is InChI=1S/C48H28N2S2/c1-5-13-40-33(9-1)36-23-24-42(47-37-12-2-6-14-41(37)50(40)48(36)47)49(32-22-26-46-39(28-32)35-11-4-8-16-44(35)52-46)31-20-17-29(18-21-31)30-19-25-45-38(27-30)34-10-3-7-15-43(34)51-45/h1-28H. The summed E-state index contributed by atoms with van der Waals surface area (Å²) in [5, 5.41) is 10.4. The van der Waals surface area contributed by atoms with Crippen molar-refractivity contribution in [3.63, 3.8) is 0 Å². The number of benzene rings is 8. The molecule has 4 heterocycles. The van der Waals surface area contributed by atoms with E-state index in [1.165, 1.54) is 95.3 Å². The molecule has 4 heteroatoms. The third-order valence-electron chi connectivity index (χ3n) is 10.9. The van der Waals surface area contributed by atoms with Gasteiger partial charge in [0, 0.05) is 73.3 Å². The van der Waals surface area contributed by atoms with E-state index in [-0.39, 0.29) is 0 Å². The van der Waals surface area contributed by atoms with E-state index in [1.807, 2.05) is 22.7 Å². The number of para-hydroxylation sites is 2. The van der Waals surface area contributed by atoms with Crippen molar-refractivity contribution in [2.24, 2.45) is 0 Å². The van der Waals surface area contributed by atoms with Crippen LogP contribution in [0.25, 0.3) is 89.6 Å². The summed E-state index contributed by atoms with van der Waals surface area (Å²) in [6, 6.07) is 63.0. The van der Waals surface area contributed by atoms with Crippen LogP contribution in [0.4, 0.5) is 17.1 Å². The van der Waals surface area contributed by atoms with Crippen molar-refractivity contribution in [1.29, 1.82) is 0 Å². The van der Waals surface area contributed by atoms with E-state index >= 15 is 0 Å². The van der Waals surface area contributed by atoms with Gasteiger partial charge >= 0.3 is 0 Å². The summed E-state index contributed by atoms with van der Waals surface area (Å²) in [5.41, 5.74) is 9.67. The van der Waals surface area contributed by atoms with Crippen LogP contribution >= 0.6 is 22.7 Å². The van der Waals surface area contributed by atoms with Crippen LogP contribution in [0.3, 0.4) is 0 Å². The number of anilines is 3. The number of hydrogen-bond donors (Lipinski definition) is 0. The molecule has 0 bridgehead atoms. The van der Waals surface area contributed by atoms with E-state index in [0.29, 0.717) is 0 Å². The Bertz CT molecular complexity index is 3360. The highest BCUT2D eigenvalue weighted by Crippen LogP contribution is 2.48. The second-order valence-electron chi connectivity index (χ2n) is 13.7. The molecule has 0 atom stereocenters. The van der Waals surface area contributed by atoms with Gasteiger partial charge in [0.2, 0.25) is 0 Å². The lowest BCUT2D eigenvalue weighted by molar-refractivity contribution is 1.31. The molecule has 0 fully saturated rings. The third-order valence-corrected chi connectivity index (χ3v) is 13.2. The van der Waals surface area contributed by atoms with E-state index in [0.717, 1.165) is 11.4 Å². The van der Waals surface area contributed by atoms with Gasteiger partial charge in [-0.15, -0.1) is 22.7 Å². The Labute approximate surface area is 307 Å². The van der Waals surface area contributed by atoms with Crippen molar-refractivity contribution in [2.45, 2.75) is 0 Å². The van der Waals surface area contributed by atoms with Crippen LogP contribution in [0.2, 0.25) is 0 Å². The molecule has 12 rings (SSSR count). The highest BCUT2D eigenvalue weighted by molar-refractivity contribution is 7.26. The largest absolute Gasteiger partial charge is 0.310 e. The molecule has 0 aliphatic rings. The molecule has 0 unspecified atom stereocenters. The van der Waals surface area contributed by atoms with Crippen LogP contribution in [0, 0.1) is 0 Å². The van der Waals surface area contributed by atoms with Crippen molar-refractivity contribution < 1.29 is 0 Å². The maximum absolute atomic E-state index is 2.48. The first kappa shape index (κ1) is 28.5. The van der Waals surface area contributed by atoms with E-state index in [2.05, 4.69) is 179 Å². The Morgan fingerprint density at radius 2 is 0.904 bits per heavy atom. The summed E-state index contributed by atoms with van der Waals surface area (Å²) in [5.74, 6) is 0. The second kappa shape index (κ2) is 10.7. The van der Waals surface area contributed by atoms with Gasteiger partial charge in [-0.05, 0) is 83.9 Å². The average molecular weight is 697 g/mol. The molecule has 0 aliphatic heterocycles. The van der Waals surface area contributed by atoms with E-state index in [9.17, 15) is 0 Å². The summed E-state index contributed by atoms with van der Waals surface area (Å²) in [7, 11) is 0. The van der Waals surface area contributed by atoms with E-state index < -0.39 is 0 Å². The number of hydrogen-bond acceptors (Lipinski definition) is 3. The van der Waals surface area contributed by atoms with Gasteiger partial charge in [-0.1, -0.05) is 97.1 Å². The van der Waals surface area contributed by atoms with Crippen molar-refractivity contribution in [1.82, 2.24) is 4.40 Å². The van der Waals surface area contributed by atoms with Crippen LogP contribution in [0.15, 0.2) is 170 Å². The summed E-state index contributed by atoms with van der Waals surface area (Å²) in [6.45, 7) is 0. The monoisotopic (exact) mass is 696 g/mol. The smallest absolute Gasteiger partial charge is 0.0641 e. The normalized spacial score (nSPS) is 12.2. The molecule has 4 aromatic heterocycles. The molecule has 0 saturated carbocycles.